The van der Waals surface area contributed by atoms with Crippen molar-refractivity contribution in [2.45, 2.75) is 44.4 Å². The first-order chi connectivity index (χ1) is 14.3. The fourth-order valence-electron chi connectivity index (χ4n) is 5.42. The van der Waals surface area contributed by atoms with Crippen LogP contribution in [0, 0.1) is 0 Å². The van der Waals surface area contributed by atoms with Crippen LogP contribution in [0.2, 0.25) is 0 Å². The third-order valence-corrected chi connectivity index (χ3v) is 6.77. The van der Waals surface area contributed by atoms with E-state index in [0.717, 1.165) is 56.5 Å². The van der Waals surface area contributed by atoms with Gasteiger partial charge in [-0.3, -0.25) is 4.98 Å². The molecule has 1 unspecified atom stereocenters. The number of rotatable bonds is 4. The maximum Gasteiger partial charge on any atom is 0.163 e. The third-order valence-electron chi connectivity index (χ3n) is 6.77. The highest BCUT2D eigenvalue weighted by atomic mass is 16.5. The van der Waals surface area contributed by atoms with E-state index < -0.39 is 0 Å². The summed E-state index contributed by atoms with van der Waals surface area (Å²) in [6.45, 7) is 9.20. The number of hydrogen-bond acceptors (Lipinski definition) is 6. The summed E-state index contributed by atoms with van der Waals surface area (Å²) < 4.78 is 5.60. The van der Waals surface area contributed by atoms with Crippen LogP contribution in [0.4, 0.5) is 5.82 Å². The highest BCUT2D eigenvalue weighted by Crippen LogP contribution is 2.47. The van der Waals surface area contributed by atoms with E-state index in [0.29, 0.717) is 0 Å². The summed E-state index contributed by atoms with van der Waals surface area (Å²) in [4.78, 5) is 19.7. The number of ether oxygens (including phenoxy) is 1. The van der Waals surface area contributed by atoms with Gasteiger partial charge < -0.3 is 14.5 Å². The molecule has 6 nitrogen and oxygen atoms in total. The number of aromatic nitrogens is 3. The molecule has 4 heterocycles. The molecule has 1 spiro atoms. The van der Waals surface area contributed by atoms with Crippen molar-refractivity contribution in [3.05, 3.63) is 35.8 Å². The Hall–Kier alpha value is -2.05. The van der Waals surface area contributed by atoms with Crippen LogP contribution >= 0.6 is 0 Å². The number of piperidine rings is 1. The van der Waals surface area contributed by atoms with Gasteiger partial charge in [0, 0.05) is 48.6 Å². The second-order valence-electron chi connectivity index (χ2n) is 8.70. The molecule has 1 aliphatic carbocycles. The van der Waals surface area contributed by atoms with Crippen molar-refractivity contribution < 1.29 is 4.74 Å². The molecule has 154 valence electrons. The third kappa shape index (κ3) is 3.53. The van der Waals surface area contributed by atoms with Gasteiger partial charge >= 0.3 is 0 Å². The molecule has 6 heteroatoms. The van der Waals surface area contributed by atoms with Crippen molar-refractivity contribution in [3.63, 3.8) is 0 Å². The summed E-state index contributed by atoms with van der Waals surface area (Å²) in [5, 5.41) is 0. The van der Waals surface area contributed by atoms with Crippen LogP contribution in [0.15, 0.2) is 24.5 Å². The Balaban J connectivity index is 1.60. The monoisotopic (exact) mass is 393 g/mol. The minimum atomic E-state index is 0.184. The number of nitrogens with zero attached hydrogens (tertiary/aromatic N) is 5. The summed E-state index contributed by atoms with van der Waals surface area (Å²) in [6.07, 6.45) is 9.71. The van der Waals surface area contributed by atoms with Crippen LogP contribution < -0.4 is 4.90 Å². The Morgan fingerprint density at radius 2 is 2.03 bits per heavy atom. The molecule has 2 fully saturated rings. The van der Waals surface area contributed by atoms with E-state index in [1.807, 2.05) is 18.5 Å². The van der Waals surface area contributed by atoms with E-state index in [4.69, 9.17) is 14.7 Å². The maximum atomic E-state index is 5.60. The van der Waals surface area contributed by atoms with E-state index in [9.17, 15) is 0 Å². The van der Waals surface area contributed by atoms with Crippen molar-refractivity contribution in [1.29, 1.82) is 0 Å². The van der Waals surface area contributed by atoms with Gasteiger partial charge in [-0.15, -0.1) is 0 Å². The molecule has 2 aliphatic heterocycles. The molecule has 2 aromatic heterocycles. The molecule has 0 N–H and O–H groups in total. The number of anilines is 1. The lowest BCUT2D eigenvalue weighted by Crippen LogP contribution is -2.45. The van der Waals surface area contributed by atoms with E-state index in [1.165, 1.54) is 50.0 Å². The molecule has 5 rings (SSSR count). The van der Waals surface area contributed by atoms with E-state index in [1.54, 1.807) is 0 Å². The summed E-state index contributed by atoms with van der Waals surface area (Å²) in [7, 11) is 0. The van der Waals surface area contributed by atoms with E-state index in [-0.39, 0.29) is 5.41 Å². The highest BCUT2D eigenvalue weighted by molar-refractivity contribution is 5.62. The zero-order chi connectivity index (χ0) is 19.7. The number of fused-ring (bicyclic) bond motifs is 2. The van der Waals surface area contributed by atoms with Crippen molar-refractivity contribution in [2.24, 2.45) is 0 Å². The Kier molecular flexibility index (Phi) is 5.22. The Morgan fingerprint density at radius 1 is 1.14 bits per heavy atom. The van der Waals surface area contributed by atoms with Gasteiger partial charge in [0.25, 0.3) is 0 Å². The van der Waals surface area contributed by atoms with Crippen LogP contribution in [-0.2, 0) is 16.6 Å². The van der Waals surface area contributed by atoms with Crippen LogP contribution in [0.5, 0.6) is 0 Å². The average molecular weight is 394 g/mol. The lowest BCUT2D eigenvalue weighted by atomic mass is 9.77. The molecule has 1 atom stereocenters. The first kappa shape index (κ1) is 18.9. The number of likely N-dealkylation sites (tertiary alicyclic amines) is 1. The van der Waals surface area contributed by atoms with Gasteiger partial charge in [0.1, 0.15) is 5.82 Å². The quantitative estimate of drug-likeness (QED) is 0.796. The van der Waals surface area contributed by atoms with Gasteiger partial charge in [0.05, 0.1) is 18.9 Å². The Morgan fingerprint density at radius 3 is 2.83 bits per heavy atom. The van der Waals surface area contributed by atoms with Gasteiger partial charge in [-0.2, -0.15) is 0 Å². The molecule has 29 heavy (non-hydrogen) atoms. The standard InChI is InChI=1S/C23H31N5O/c1-2-10-27-11-4-7-23(17-27)8-6-19-20(23)25-21(18-5-3-9-24-16-18)26-22(19)28-12-14-29-15-13-28/h3,5,9,16H,2,4,6-8,10-15,17H2,1H3. The zero-order valence-corrected chi connectivity index (χ0v) is 17.4. The molecule has 0 bridgehead atoms. The van der Waals surface area contributed by atoms with Crippen LogP contribution in [0.25, 0.3) is 11.4 Å². The van der Waals surface area contributed by atoms with Crippen molar-refractivity contribution in [1.82, 2.24) is 19.9 Å². The topological polar surface area (TPSA) is 54.4 Å². The normalized spacial score (nSPS) is 24.8. The van der Waals surface area contributed by atoms with Gasteiger partial charge in [-0.05, 0) is 57.3 Å². The second-order valence-corrected chi connectivity index (χ2v) is 8.70. The van der Waals surface area contributed by atoms with E-state index in [2.05, 4.69) is 27.8 Å². The lowest BCUT2D eigenvalue weighted by molar-refractivity contribution is 0.122. The van der Waals surface area contributed by atoms with Crippen LogP contribution in [0.1, 0.15) is 43.9 Å². The first-order valence-corrected chi connectivity index (χ1v) is 11.2. The van der Waals surface area contributed by atoms with E-state index >= 15 is 0 Å². The maximum absolute atomic E-state index is 5.60. The Bertz CT molecular complexity index is 850. The van der Waals surface area contributed by atoms with Gasteiger partial charge in [-0.1, -0.05) is 6.92 Å². The van der Waals surface area contributed by atoms with Crippen molar-refractivity contribution >= 4 is 5.82 Å². The minimum absolute atomic E-state index is 0.184. The highest BCUT2D eigenvalue weighted by Gasteiger charge is 2.45. The molecular weight excluding hydrogens is 362 g/mol. The fourth-order valence-corrected chi connectivity index (χ4v) is 5.42. The second kappa shape index (κ2) is 8.00. The number of morpholine rings is 1. The van der Waals surface area contributed by atoms with Gasteiger partial charge in [-0.25, -0.2) is 9.97 Å². The molecule has 3 aliphatic rings. The summed E-state index contributed by atoms with van der Waals surface area (Å²) in [5.41, 5.74) is 3.89. The van der Waals surface area contributed by atoms with Crippen LogP contribution in [0.3, 0.4) is 0 Å². The first-order valence-electron chi connectivity index (χ1n) is 11.2. The molecule has 0 aromatic carbocycles. The summed E-state index contributed by atoms with van der Waals surface area (Å²) in [5.74, 6) is 1.97. The van der Waals surface area contributed by atoms with Crippen LogP contribution in [-0.4, -0.2) is 65.8 Å². The molecular formula is C23H31N5O. The molecule has 0 saturated carbocycles. The summed E-state index contributed by atoms with van der Waals surface area (Å²) >= 11 is 0. The SMILES string of the molecule is CCCN1CCCC2(CCc3c(N4CCOCC4)nc(-c4cccnc4)nc32)C1. The minimum Gasteiger partial charge on any atom is -0.378 e. The fraction of sp³-hybridized carbons (Fsp3) is 0.609. The predicted octanol–water partition coefficient (Wildman–Crippen LogP) is 3.07. The average Bonchev–Trinajstić information content (AvgIpc) is 3.12. The lowest BCUT2D eigenvalue weighted by Gasteiger charge is -2.40. The predicted molar refractivity (Wildman–Crippen MR) is 114 cm³/mol. The smallest absolute Gasteiger partial charge is 0.163 e. The molecule has 0 amide bonds. The number of hydrogen-bond donors (Lipinski definition) is 0. The number of pyridine rings is 1. The molecule has 0 radical (unpaired) electrons. The molecule has 2 aromatic rings. The molecule has 2 saturated heterocycles. The Labute approximate surface area is 173 Å². The van der Waals surface area contributed by atoms with Crippen molar-refractivity contribution in [2.75, 3.05) is 50.8 Å². The van der Waals surface area contributed by atoms with Gasteiger partial charge in [0.2, 0.25) is 0 Å². The zero-order valence-electron chi connectivity index (χ0n) is 17.4. The van der Waals surface area contributed by atoms with Gasteiger partial charge in [0.15, 0.2) is 5.82 Å². The summed E-state index contributed by atoms with van der Waals surface area (Å²) in [6, 6.07) is 4.05. The van der Waals surface area contributed by atoms with Crippen molar-refractivity contribution in [3.8, 4) is 11.4 Å². The largest absolute Gasteiger partial charge is 0.378 e.